The molecule has 0 spiro atoms. The van der Waals surface area contributed by atoms with Crippen molar-refractivity contribution in [1.29, 1.82) is 0 Å². The Hall–Kier alpha value is -2.15. The molecule has 2 amide bonds. The van der Waals surface area contributed by atoms with Crippen LogP contribution in [0.25, 0.3) is 6.08 Å². The first-order valence-corrected chi connectivity index (χ1v) is 7.00. The van der Waals surface area contributed by atoms with Gasteiger partial charge in [-0.2, -0.15) is 0 Å². The first-order chi connectivity index (χ1) is 9.97. The van der Waals surface area contributed by atoms with Gasteiger partial charge in [-0.05, 0) is 48.4 Å². The van der Waals surface area contributed by atoms with Crippen LogP contribution in [-0.2, 0) is 9.59 Å². The maximum Gasteiger partial charge on any atom is 0.293 e. The molecule has 1 aliphatic rings. The summed E-state index contributed by atoms with van der Waals surface area (Å²) >= 11 is 0.781. The molecular formula is C14H11FNO4S-. The van der Waals surface area contributed by atoms with Crippen LogP contribution in [0.1, 0.15) is 18.4 Å². The zero-order valence-corrected chi connectivity index (χ0v) is 11.7. The number of carbonyl (C=O) groups is 3. The first-order valence-electron chi connectivity index (χ1n) is 6.18. The number of hydrogen-bond acceptors (Lipinski definition) is 5. The fourth-order valence-electron chi connectivity index (χ4n) is 1.78. The normalized spacial score (nSPS) is 16.8. The summed E-state index contributed by atoms with van der Waals surface area (Å²) in [6.45, 7) is 0.0411. The monoisotopic (exact) mass is 308 g/mol. The number of rotatable bonds is 5. The fourth-order valence-corrected chi connectivity index (χ4v) is 2.65. The van der Waals surface area contributed by atoms with Gasteiger partial charge in [0, 0.05) is 12.5 Å². The molecule has 0 bridgehead atoms. The van der Waals surface area contributed by atoms with Crippen LogP contribution in [-0.4, -0.2) is 28.6 Å². The van der Waals surface area contributed by atoms with E-state index in [2.05, 4.69) is 0 Å². The molecule has 1 aromatic rings. The Morgan fingerprint density at radius 2 is 1.95 bits per heavy atom. The first kappa shape index (κ1) is 15.2. The van der Waals surface area contributed by atoms with E-state index in [-0.39, 0.29) is 30.1 Å². The Morgan fingerprint density at radius 3 is 2.57 bits per heavy atom. The van der Waals surface area contributed by atoms with Crippen LogP contribution in [0, 0.1) is 5.82 Å². The predicted octanol–water partition coefficient (Wildman–Crippen LogP) is 1.39. The molecule has 0 atom stereocenters. The van der Waals surface area contributed by atoms with Crippen LogP contribution in [0.2, 0.25) is 0 Å². The molecule has 1 fully saturated rings. The van der Waals surface area contributed by atoms with E-state index in [0.29, 0.717) is 5.56 Å². The smallest absolute Gasteiger partial charge is 0.293 e. The van der Waals surface area contributed by atoms with Crippen molar-refractivity contribution in [1.82, 2.24) is 4.90 Å². The number of thioether (sulfide) groups is 1. The highest BCUT2D eigenvalue weighted by molar-refractivity contribution is 8.18. The van der Waals surface area contributed by atoms with Gasteiger partial charge in [0.2, 0.25) is 0 Å². The van der Waals surface area contributed by atoms with Gasteiger partial charge in [0.05, 0.1) is 4.91 Å². The van der Waals surface area contributed by atoms with Crippen molar-refractivity contribution in [2.75, 3.05) is 6.54 Å². The number of amides is 2. The summed E-state index contributed by atoms with van der Waals surface area (Å²) in [5.74, 6) is -2.07. The molecule has 0 radical (unpaired) electrons. The largest absolute Gasteiger partial charge is 0.550 e. The van der Waals surface area contributed by atoms with E-state index in [1.54, 1.807) is 0 Å². The van der Waals surface area contributed by atoms with Gasteiger partial charge >= 0.3 is 0 Å². The van der Waals surface area contributed by atoms with Crippen LogP contribution < -0.4 is 5.11 Å². The van der Waals surface area contributed by atoms with Gasteiger partial charge in [-0.3, -0.25) is 14.5 Å². The molecule has 5 nitrogen and oxygen atoms in total. The molecule has 1 saturated heterocycles. The van der Waals surface area contributed by atoms with Crippen LogP contribution in [0.5, 0.6) is 0 Å². The molecule has 0 aromatic heterocycles. The minimum absolute atomic E-state index is 0.0411. The van der Waals surface area contributed by atoms with Crippen molar-refractivity contribution in [3.63, 3.8) is 0 Å². The Labute approximate surface area is 124 Å². The molecule has 2 rings (SSSR count). The SMILES string of the molecule is O=C([O-])CCCN1C(=O)S/C(=C\c2ccc(F)cc2)C1=O. The zero-order chi connectivity index (χ0) is 15.4. The van der Waals surface area contributed by atoms with Crippen LogP contribution in [0.3, 0.4) is 0 Å². The standard InChI is InChI=1S/C14H12FNO4S/c15-10-5-3-9(4-6-10)8-11-13(19)16(14(20)21-11)7-1-2-12(17)18/h3-6,8H,1-2,7H2,(H,17,18)/p-1/b11-8-. The van der Waals surface area contributed by atoms with Crippen molar-refractivity contribution in [2.45, 2.75) is 12.8 Å². The molecule has 0 aliphatic carbocycles. The van der Waals surface area contributed by atoms with Gasteiger partial charge in [0.15, 0.2) is 0 Å². The maximum atomic E-state index is 12.8. The van der Waals surface area contributed by atoms with Gasteiger partial charge in [0.25, 0.3) is 11.1 Å². The number of nitrogens with zero attached hydrogens (tertiary/aromatic N) is 1. The predicted molar refractivity (Wildman–Crippen MR) is 73.3 cm³/mol. The molecule has 21 heavy (non-hydrogen) atoms. The summed E-state index contributed by atoms with van der Waals surface area (Å²) in [5.41, 5.74) is 0.608. The van der Waals surface area contributed by atoms with Crippen molar-refractivity contribution in [3.8, 4) is 0 Å². The summed E-state index contributed by atoms with van der Waals surface area (Å²) in [4.78, 5) is 35.3. The van der Waals surface area contributed by atoms with Crippen molar-refractivity contribution in [3.05, 3.63) is 40.6 Å². The molecule has 0 saturated carbocycles. The number of carbonyl (C=O) groups excluding carboxylic acids is 3. The highest BCUT2D eigenvalue weighted by Crippen LogP contribution is 2.32. The highest BCUT2D eigenvalue weighted by atomic mass is 32.2. The van der Waals surface area contributed by atoms with E-state index in [9.17, 15) is 23.9 Å². The molecule has 0 N–H and O–H groups in total. The number of carboxylic acid groups (broad SMARTS) is 1. The number of aliphatic carboxylic acids is 1. The van der Waals surface area contributed by atoms with Crippen LogP contribution >= 0.6 is 11.8 Å². The molecule has 7 heteroatoms. The average Bonchev–Trinajstić information content (AvgIpc) is 2.68. The van der Waals surface area contributed by atoms with Gasteiger partial charge in [-0.25, -0.2) is 4.39 Å². The number of benzene rings is 1. The third kappa shape index (κ3) is 3.91. The molecule has 0 unspecified atom stereocenters. The molecule has 1 heterocycles. The quantitative estimate of drug-likeness (QED) is 0.768. The third-order valence-corrected chi connectivity index (χ3v) is 3.71. The number of imide groups is 1. The fraction of sp³-hybridized carbons (Fsp3) is 0.214. The zero-order valence-electron chi connectivity index (χ0n) is 10.9. The topological polar surface area (TPSA) is 77.5 Å². The Kier molecular flexibility index (Phi) is 4.74. The van der Waals surface area contributed by atoms with Gasteiger partial charge in [-0.1, -0.05) is 12.1 Å². The van der Waals surface area contributed by atoms with Crippen molar-refractivity contribution >= 4 is 35.0 Å². The van der Waals surface area contributed by atoms with E-state index in [1.807, 2.05) is 0 Å². The van der Waals surface area contributed by atoms with E-state index in [0.717, 1.165) is 16.7 Å². The second-order valence-corrected chi connectivity index (χ2v) is 5.35. The summed E-state index contributed by atoms with van der Waals surface area (Å²) in [6, 6.07) is 5.52. The number of halogens is 1. The van der Waals surface area contributed by atoms with Crippen molar-refractivity contribution in [2.24, 2.45) is 0 Å². The summed E-state index contributed by atoms with van der Waals surface area (Å²) in [7, 11) is 0. The lowest BCUT2D eigenvalue weighted by molar-refractivity contribution is -0.305. The second-order valence-electron chi connectivity index (χ2n) is 4.36. The summed E-state index contributed by atoms with van der Waals surface area (Å²) in [6.07, 6.45) is 1.45. The van der Waals surface area contributed by atoms with Gasteiger partial charge < -0.3 is 9.90 Å². The summed E-state index contributed by atoms with van der Waals surface area (Å²) < 4.78 is 12.8. The Bertz CT molecular complexity index is 612. The molecular weight excluding hydrogens is 297 g/mol. The number of hydrogen-bond donors (Lipinski definition) is 0. The minimum Gasteiger partial charge on any atom is -0.550 e. The van der Waals surface area contributed by atoms with E-state index < -0.39 is 17.1 Å². The van der Waals surface area contributed by atoms with E-state index in [4.69, 9.17) is 0 Å². The second kappa shape index (κ2) is 6.53. The lowest BCUT2D eigenvalue weighted by Crippen LogP contribution is -2.30. The van der Waals surface area contributed by atoms with E-state index >= 15 is 0 Å². The van der Waals surface area contributed by atoms with Gasteiger partial charge in [0.1, 0.15) is 5.82 Å². The van der Waals surface area contributed by atoms with Crippen LogP contribution in [0.4, 0.5) is 9.18 Å². The number of carboxylic acids is 1. The Balaban J connectivity index is 2.06. The van der Waals surface area contributed by atoms with E-state index in [1.165, 1.54) is 30.3 Å². The summed E-state index contributed by atoms with van der Waals surface area (Å²) in [5, 5.41) is 9.88. The average molecular weight is 308 g/mol. The lowest BCUT2D eigenvalue weighted by atomic mass is 10.2. The van der Waals surface area contributed by atoms with Crippen molar-refractivity contribution < 1.29 is 23.9 Å². The third-order valence-electron chi connectivity index (χ3n) is 2.80. The maximum absolute atomic E-state index is 12.8. The molecule has 110 valence electrons. The minimum atomic E-state index is -1.22. The Morgan fingerprint density at radius 1 is 1.29 bits per heavy atom. The highest BCUT2D eigenvalue weighted by Gasteiger charge is 2.34. The molecule has 1 aromatic carbocycles. The van der Waals surface area contributed by atoms with Gasteiger partial charge in [-0.15, -0.1) is 0 Å². The van der Waals surface area contributed by atoms with Crippen LogP contribution in [0.15, 0.2) is 29.2 Å². The molecule has 1 aliphatic heterocycles. The lowest BCUT2D eigenvalue weighted by Gasteiger charge is -2.12.